The van der Waals surface area contributed by atoms with Crippen molar-refractivity contribution in [2.75, 3.05) is 4.72 Å². The number of hydrogen-bond acceptors (Lipinski definition) is 4. The molecule has 0 radical (unpaired) electrons. The van der Waals surface area contributed by atoms with Gasteiger partial charge in [0.1, 0.15) is 10.5 Å². The predicted octanol–water partition coefficient (Wildman–Crippen LogP) is 3.32. The van der Waals surface area contributed by atoms with Crippen LogP contribution in [0.2, 0.25) is 0 Å². The molecule has 0 saturated heterocycles. The molecule has 0 aliphatic carbocycles. The summed E-state index contributed by atoms with van der Waals surface area (Å²) < 4.78 is 27.8. The molecule has 0 heterocycles. The van der Waals surface area contributed by atoms with E-state index in [2.05, 4.69) is 4.72 Å². The summed E-state index contributed by atoms with van der Waals surface area (Å²) in [6, 6.07) is 9.39. The maximum absolute atomic E-state index is 12.7. The van der Waals surface area contributed by atoms with E-state index in [1.807, 2.05) is 13.8 Å². The number of phenols is 1. The highest BCUT2D eigenvalue weighted by molar-refractivity contribution is 7.92. The number of nitrogens with one attached hydrogen (secondary N) is 1. The molecule has 0 saturated carbocycles. The second kappa shape index (κ2) is 6.52. The summed E-state index contributed by atoms with van der Waals surface area (Å²) in [5.41, 5.74) is 1.16. The van der Waals surface area contributed by atoms with E-state index < -0.39 is 32.2 Å². The van der Waals surface area contributed by atoms with Crippen LogP contribution in [0.1, 0.15) is 41.3 Å². The van der Waals surface area contributed by atoms with Crippen LogP contribution in [0.5, 0.6) is 5.75 Å². The highest BCUT2D eigenvalue weighted by Crippen LogP contribution is 2.32. The third-order valence-electron chi connectivity index (χ3n) is 3.57. The minimum atomic E-state index is -4.14. The van der Waals surface area contributed by atoms with E-state index in [1.165, 1.54) is 12.1 Å². The largest absolute Gasteiger partial charge is 0.506 e. The lowest BCUT2D eigenvalue weighted by Gasteiger charge is -2.16. The Balaban J connectivity index is 2.55. The molecule has 0 atom stereocenters. The smallest absolute Gasteiger partial charge is 0.339 e. The summed E-state index contributed by atoms with van der Waals surface area (Å²) in [7, 11) is -4.14. The summed E-state index contributed by atoms with van der Waals surface area (Å²) in [5, 5.41) is 19.2. The van der Waals surface area contributed by atoms with E-state index in [1.54, 1.807) is 31.2 Å². The first kappa shape index (κ1) is 17.8. The molecule has 128 valence electrons. The number of benzene rings is 2. The number of hydrogen-bond donors (Lipinski definition) is 3. The van der Waals surface area contributed by atoms with Gasteiger partial charge in [-0.15, -0.1) is 0 Å². The fraction of sp³-hybridized carbons (Fsp3) is 0.235. The van der Waals surface area contributed by atoms with Gasteiger partial charge in [0.25, 0.3) is 10.0 Å². The Morgan fingerprint density at radius 2 is 1.79 bits per heavy atom. The van der Waals surface area contributed by atoms with Gasteiger partial charge in [-0.3, -0.25) is 4.72 Å². The summed E-state index contributed by atoms with van der Waals surface area (Å²) in [5.74, 6) is -2.08. The highest BCUT2D eigenvalue weighted by atomic mass is 32.2. The Morgan fingerprint density at radius 3 is 2.38 bits per heavy atom. The van der Waals surface area contributed by atoms with Crippen LogP contribution in [0.25, 0.3) is 0 Å². The first-order valence-electron chi connectivity index (χ1n) is 7.32. The molecule has 0 bridgehead atoms. The van der Waals surface area contributed by atoms with Crippen molar-refractivity contribution in [3.8, 4) is 5.75 Å². The Labute approximate surface area is 140 Å². The number of para-hydroxylation sites is 1. The standard InChI is InChI=1S/C17H19NO5S/c1-10(2)12-6-4-5-7-14(12)18-24(22,23)15-9-11(3)8-13(16(15)19)17(20)21/h4-10,18-19H,1-3H3,(H,20,21). The third kappa shape index (κ3) is 3.51. The van der Waals surface area contributed by atoms with Crippen LogP contribution >= 0.6 is 0 Å². The Bertz CT molecular complexity index is 888. The second-order valence-electron chi connectivity index (χ2n) is 5.81. The van der Waals surface area contributed by atoms with E-state index in [-0.39, 0.29) is 5.92 Å². The van der Waals surface area contributed by atoms with Crippen molar-refractivity contribution in [3.63, 3.8) is 0 Å². The number of aromatic hydroxyl groups is 1. The van der Waals surface area contributed by atoms with Gasteiger partial charge in [-0.25, -0.2) is 13.2 Å². The number of carboxylic acid groups (broad SMARTS) is 1. The highest BCUT2D eigenvalue weighted by Gasteiger charge is 2.25. The van der Waals surface area contributed by atoms with Gasteiger partial charge in [0, 0.05) is 0 Å². The molecule has 6 nitrogen and oxygen atoms in total. The third-order valence-corrected chi connectivity index (χ3v) is 4.95. The molecule has 0 aromatic heterocycles. The Kier molecular flexibility index (Phi) is 4.84. The monoisotopic (exact) mass is 349 g/mol. The molecule has 7 heteroatoms. The van der Waals surface area contributed by atoms with E-state index in [9.17, 15) is 18.3 Å². The minimum Gasteiger partial charge on any atom is -0.506 e. The van der Waals surface area contributed by atoms with Crippen LogP contribution in [-0.4, -0.2) is 24.6 Å². The summed E-state index contributed by atoms with van der Waals surface area (Å²) in [4.78, 5) is 10.7. The zero-order chi connectivity index (χ0) is 18.1. The topological polar surface area (TPSA) is 104 Å². The summed E-state index contributed by atoms with van der Waals surface area (Å²) in [6.07, 6.45) is 0. The van der Waals surface area contributed by atoms with Crippen molar-refractivity contribution in [2.24, 2.45) is 0 Å². The van der Waals surface area contributed by atoms with Crippen LogP contribution in [0.3, 0.4) is 0 Å². The molecule has 0 unspecified atom stereocenters. The van der Waals surface area contributed by atoms with Crippen LogP contribution in [-0.2, 0) is 10.0 Å². The van der Waals surface area contributed by atoms with E-state index in [0.717, 1.165) is 5.56 Å². The van der Waals surface area contributed by atoms with Crippen molar-refractivity contribution in [3.05, 3.63) is 53.1 Å². The molecule has 3 N–H and O–H groups in total. The molecule has 2 aromatic carbocycles. The van der Waals surface area contributed by atoms with Gasteiger partial charge in [0.15, 0.2) is 5.75 Å². The Morgan fingerprint density at radius 1 is 1.17 bits per heavy atom. The maximum Gasteiger partial charge on any atom is 0.339 e. The minimum absolute atomic E-state index is 0.0876. The van der Waals surface area contributed by atoms with Crippen molar-refractivity contribution in [1.82, 2.24) is 0 Å². The number of rotatable bonds is 5. The van der Waals surface area contributed by atoms with Gasteiger partial charge in [-0.2, -0.15) is 0 Å². The molecule has 2 aromatic rings. The molecule has 0 aliphatic heterocycles. The molecule has 0 amide bonds. The van der Waals surface area contributed by atoms with E-state index >= 15 is 0 Å². The van der Waals surface area contributed by atoms with Crippen LogP contribution in [0.4, 0.5) is 5.69 Å². The average Bonchev–Trinajstić information content (AvgIpc) is 2.48. The fourth-order valence-corrected chi connectivity index (χ4v) is 3.70. The van der Waals surface area contributed by atoms with Crippen molar-refractivity contribution in [2.45, 2.75) is 31.6 Å². The first-order valence-corrected chi connectivity index (χ1v) is 8.80. The van der Waals surface area contributed by atoms with Crippen molar-refractivity contribution >= 4 is 21.7 Å². The van der Waals surface area contributed by atoms with E-state index in [4.69, 9.17) is 5.11 Å². The van der Waals surface area contributed by atoms with Crippen LogP contribution in [0, 0.1) is 6.92 Å². The molecule has 0 fully saturated rings. The lowest BCUT2D eigenvalue weighted by molar-refractivity contribution is 0.0693. The molecule has 2 rings (SSSR count). The number of carbonyl (C=O) groups is 1. The Hall–Kier alpha value is -2.54. The summed E-state index contributed by atoms with van der Waals surface area (Å²) >= 11 is 0. The maximum atomic E-state index is 12.7. The average molecular weight is 349 g/mol. The van der Waals surface area contributed by atoms with Crippen molar-refractivity contribution < 1.29 is 23.4 Å². The molecule has 24 heavy (non-hydrogen) atoms. The zero-order valence-corrected chi connectivity index (χ0v) is 14.4. The number of anilines is 1. The van der Waals surface area contributed by atoms with Gasteiger partial charge in [0.05, 0.1) is 5.69 Å². The van der Waals surface area contributed by atoms with E-state index in [0.29, 0.717) is 11.3 Å². The van der Waals surface area contributed by atoms with Crippen LogP contribution < -0.4 is 4.72 Å². The quantitative estimate of drug-likeness (QED) is 0.768. The number of aryl methyl sites for hydroxylation is 1. The number of carboxylic acids is 1. The SMILES string of the molecule is Cc1cc(C(=O)O)c(O)c(S(=O)(=O)Nc2ccccc2C(C)C)c1. The van der Waals surface area contributed by atoms with Gasteiger partial charge < -0.3 is 10.2 Å². The molecular formula is C17H19NO5S. The molecule has 0 spiro atoms. The lowest BCUT2D eigenvalue weighted by Crippen LogP contribution is -2.16. The van der Waals surface area contributed by atoms with Gasteiger partial charge in [0.2, 0.25) is 0 Å². The fourth-order valence-electron chi connectivity index (χ4n) is 2.41. The van der Waals surface area contributed by atoms with Gasteiger partial charge >= 0.3 is 5.97 Å². The van der Waals surface area contributed by atoms with Crippen LogP contribution in [0.15, 0.2) is 41.3 Å². The number of aromatic carboxylic acids is 1. The van der Waals surface area contributed by atoms with Gasteiger partial charge in [-0.1, -0.05) is 32.0 Å². The number of sulfonamides is 1. The lowest BCUT2D eigenvalue weighted by atomic mass is 10.0. The van der Waals surface area contributed by atoms with Crippen molar-refractivity contribution in [1.29, 1.82) is 0 Å². The molecular weight excluding hydrogens is 330 g/mol. The summed E-state index contributed by atoms with van der Waals surface area (Å²) in [6.45, 7) is 5.42. The second-order valence-corrected chi connectivity index (χ2v) is 7.46. The van der Waals surface area contributed by atoms with Gasteiger partial charge in [-0.05, 0) is 42.2 Å². The zero-order valence-electron chi connectivity index (χ0n) is 13.6. The predicted molar refractivity (Wildman–Crippen MR) is 91.1 cm³/mol. The first-order chi connectivity index (χ1) is 11.1. The molecule has 0 aliphatic rings. The normalized spacial score (nSPS) is 11.5.